The fraction of sp³-hybridized carbons (Fsp3) is 0.368. The second-order valence-electron chi connectivity index (χ2n) is 5.87. The number of rotatable bonds is 8. The average Bonchev–Trinajstić information content (AvgIpc) is 3.11. The molecule has 0 saturated heterocycles. The van der Waals surface area contributed by atoms with Gasteiger partial charge >= 0.3 is 0 Å². The Morgan fingerprint density at radius 3 is 2.73 bits per heavy atom. The number of aromatic nitrogens is 1. The molecule has 1 heterocycles. The molecule has 0 aliphatic heterocycles. The van der Waals surface area contributed by atoms with Gasteiger partial charge in [0.05, 0.1) is 6.54 Å². The summed E-state index contributed by atoms with van der Waals surface area (Å²) in [5.41, 5.74) is 1.86. The van der Waals surface area contributed by atoms with Crippen molar-refractivity contribution in [1.29, 1.82) is 0 Å². The molecule has 2 aromatic rings. The monoisotopic (exact) mass is 419 g/mol. The molecule has 1 aromatic heterocycles. The summed E-state index contributed by atoms with van der Waals surface area (Å²) in [5.74, 6) is 0.684. The van der Waals surface area contributed by atoms with Gasteiger partial charge in [0.25, 0.3) is 0 Å². The fourth-order valence-electron chi connectivity index (χ4n) is 2.38. The first-order chi connectivity index (χ1) is 12.6. The summed E-state index contributed by atoms with van der Waals surface area (Å²) in [4.78, 5) is 16.6. The molecular formula is C19H26BrN5O. The highest BCUT2D eigenvalue weighted by atomic mass is 79.9. The van der Waals surface area contributed by atoms with Crippen LogP contribution in [0.25, 0.3) is 0 Å². The van der Waals surface area contributed by atoms with Gasteiger partial charge in [0.1, 0.15) is 0 Å². The van der Waals surface area contributed by atoms with E-state index < -0.39 is 0 Å². The molecule has 0 aliphatic rings. The van der Waals surface area contributed by atoms with Gasteiger partial charge in [0.2, 0.25) is 5.91 Å². The van der Waals surface area contributed by atoms with Gasteiger partial charge < -0.3 is 20.5 Å². The highest BCUT2D eigenvalue weighted by Gasteiger charge is 2.05. The van der Waals surface area contributed by atoms with Gasteiger partial charge in [0, 0.05) is 48.6 Å². The van der Waals surface area contributed by atoms with E-state index >= 15 is 0 Å². The molecule has 0 saturated carbocycles. The maximum atomic E-state index is 12.1. The third-order valence-corrected chi connectivity index (χ3v) is 4.25. The van der Waals surface area contributed by atoms with Gasteiger partial charge in [-0.25, -0.2) is 0 Å². The maximum absolute atomic E-state index is 12.1. The molecule has 0 atom stereocenters. The van der Waals surface area contributed by atoms with E-state index in [0.29, 0.717) is 13.0 Å². The maximum Gasteiger partial charge on any atom is 0.226 e. The van der Waals surface area contributed by atoms with E-state index in [1.807, 2.05) is 56.6 Å². The minimum atomic E-state index is -0.0434. The number of benzene rings is 1. The smallest absolute Gasteiger partial charge is 0.226 e. The van der Waals surface area contributed by atoms with Crippen molar-refractivity contribution in [3.8, 4) is 0 Å². The predicted octanol–water partition coefficient (Wildman–Crippen LogP) is 3.14. The van der Waals surface area contributed by atoms with Crippen LogP contribution in [0.4, 0.5) is 5.69 Å². The quantitative estimate of drug-likeness (QED) is 0.454. The van der Waals surface area contributed by atoms with Gasteiger partial charge in [-0.2, -0.15) is 0 Å². The van der Waals surface area contributed by atoms with Crippen LogP contribution < -0.4 is 16.0 Å². The van der Waals surface area contributed by atoms with Crippen molar-refractivity contribution in [2.75, 3.05) is 25.0 Å². The summed E-state index contributed by atoms with van der Waals surface area (Å²) in [5, 5.41) is 9.41. The summed E-state index contributed by atoms with van der Waals surface area (Å²) in [6.45, 7) is 6.82. The van der Waals surface area contributed by atoms with Crippen LogP contribution in [0.1, 0.15) is 18.9 Å². The number of nitrogens with zero attached hydrogens (tertiary/aromatic N) is 2. The molecule has 0 unspecified atom stereocenters. The normalized spacial score (nSPS) is 11.3. The van der Waals surface area contributed by atoms with Gasteiger partial charge in [-0.3, -0.25) is 9.79 Å². The van der Waals surface area contributed by atoms with E-state index in [0.717, 1.165) is 41.3 Å². The Morgan fingerprint density at radius 1 is 1.23 bits per heavy atom. The Labute approximate surface area is 163 Å². The predicted molar refractivity (Wildman–Crippen MR) is 111 cm³/mol. The Balaban J connectivity index is 1.78. The molecule has 7 heteroatoms. The highest BCUT2D eigenvalue weighted by Crippen LogP contribution is 2.20. The number of hydrogen-bond donors (Lipinski definition) is 3. The van der Waals surface area contributed by atoms with Crippen molar-refractivity contribution < 1.29 is 4.79 Å². The molecule has 140 valence electrons. The van der Waals surface area contributed by atoms with Crippen LogP contribution >= 0.6 is 15.9 Å². The van der Waals surface area contributed by atoms with E-state index in [4.69, 9.17) is 0 Å². The number of carbonyl (C=O) groups is 1. The summed E-state index contributed by atoms with van der Waals surface area (Å²) in [6, 6.07) is 9.84. The molecule has 0 spiro atoms. The molecule has 2 rings (SSSR count). The zero-order valence-electron chi connectivity index (χ0n) is 15.3. The zero-order chi connectivity index (χ0) is 18.8. The van der Waals surface area contributed by atoms with Crippen molar-refractivity contribution in [3.63, 3.8) is 0 Å². The Bertz CT molecular complexity index is 728. The fourth-order valence-corrected chi connectivity index (χ4v) is 2.74. The number of aliphatic imine (C=N–C) groups is 1. The number of carbonyl (C=O) groups excluding carboxylic acids is 1. The van der Waals surface area contributed by atoms with E-state index in [-0.39, 0.29) is 5.91 Å². The molecule has 0 aliphatic carbocycles. The summed E-state index contributed by atoms with van der Waals surface area (Å²) >= 11 is 3.42. The number of aryl methyl sites for hydroxylation is 1. The third-order valence-electron chi connectivity index (χ3n) is 3.76. The molecule has 1 amide bonds. The van der Waals surface area contributed by atoms with E-state index in [2.05, 4.69) is 41.4 Å². The van der Waals surface area contributed by atoms with Gasteiger partial charge in [-0.15, -0.1) is 0 Å². The highest BCUT2D eigenvalue weighted by molar-refractivity contribution is 9.10. The lowest BCUT2D eigenvalue weighted by Gasteiger charge is -2.12. The Morgan fingerprint density at radius 2 is 2.00 bits per heavy atom. The summed E-state index contributed by atoms with van der Waals surface area (Å²) in [6.07, 6.45) is 4.39. The number of amides is 1. The van der Waals surface area contributed by atoms with Crippen molar-refractivity contribution in [1.82, 2.24) is 15.2 Å². The number of anilines is 1. The third kappa shape index (κ3) is 6.92. The standard InChI is InChI=1S/C19H26BrN5O/c1-3-21-19(23-10-13-25-11-4-5-12-25)22-9-8-18(26)24-17-14-16(20)7-6-15(17)2/h4-7,11-12,14H,3,8-10,13H2,1-2H3,(H,24,26)(H2,21,22,23). The van der Waals surface area contributed by atoms with Crippen molar-refractivity contribution in [3.05, 3.63) is 52.8 Å². The molecule has 3 N–H and O–H groups in total. The first-order valence-electron chi connectivity index (χ1n) is 8.77. The number of nitrogens with one attached hydrogen (secondary N) is 3. The Kier molecular flexibility index (Phi) is 8.21. The Hall–Kier alpha value is -2.28. The van der Waals surface area contributed by atoms with Crippen LogP contribution in [0.2, 0.25) is 0 Å². The second-order valence-corrected chi connectivity index (χ2v) is 6.78. The van der Waals surface area contributed by atoms with E-state index in [1.54, 1.807) is 0 Å². The van der Waals surface area contributed by atoms with Gasteiger partial charge in [0.15, 0.2) is 5.96 Å². The average molecular weight is 420 g/mol. The van der Waals surface area contributed by atoms with E-state index in [9.17, 15) is 4.79 Å². The SMILES string of the molecule is CCNC(=NCCC(=O)Nc1cc(Br)ccc1C)NCCn1cccc1. The first-order valence-corrected chi connectivity index (χ1v) is 9.56. The molecule has 0 bridgehead atoms. The van der Waals surface area contributed by atoms with Crippen LogP contribution in [-0.4, -0.2) is 36.1 Å². The van der Waals surface area contributed by atoms with Crippen LogP contribution in [-0.2, 0) is 11.3 Å². The minimum Gasteiger partial charge on any atom is -0.357 e. The van der Waals surface area contributed by atoms with Crippen molar-refractivity contribution in [2.24, 2.45) is 4.99 Å². The second kappa shape index (κ2) is 10.7. The number of halogens is 1. The van der Waals surface area contributed by atoms with Crippen LogP contribution in [0, 0.1) is 6.92 Å². The lowest BCUT2D eigenvalue weighted by Crippen LogP contribution is -2.39. The largest absolute Gasteiger partial charge is 0.357 e. The lowest BCUT2D eigenvalue weighted by atomic mass is 10.2. The van der Waals surface area contributed by atoms with Crippen molar-refractivity contribution >= 4 is 33.5 Å². The molecule has 0 fully saturated rings. The molecule has 6 nitrogen and oxygen atoms in total. The molecule has 26 heavy (non-hydrogen) atoms. The minimum absolute atomic E-state index is 0.0434. The van der Waals surface area contributed by atoms with Gasteiger partial charge in [-0.05, 0) is 43.7 Å². The topological polar surface area (TPSA) is 70.4 Å². The first kappa shape index (κ1) is 20.0. The molecule has 1 aromatic carbocycles. The molecular weight excluding hydrogens is 394 g/mol. The summed E-state index contributed by atoms with van der Waals surface area (Å²) in [7, 11) is 0. The van der Waals surface area contributed by atoms with Gasteiger partial charge in [-0.1, -0.05) is 22.0 Å². The molecule has 0 radical (unpaired) electrons. The number of guanidine groups is 1. The van der Waals surface area contributed by atoms with Crippen LogP contribution in [0.15, 0.2) is 52.2 Å². The van der Waals surface area contributed by atoms with Crippen molar-refractivity contribution in [2.45, 2.75) is 26.8 Å². The lowest BCUT2D eigenvalue weighted by molar-refractivity contribution is -0.116. The van der Waals surface area contributed by atoms with E-state index in [1.165, 1.54) is 0 Å². The van der Waals surface area contributed by atoms with Crippen LogP contribution in [0.3, 0.4) is 0 Å². The van der Waals surface area contributed by atoms with Crippen LogP contribution in [0.5, 0.6) is 0 Å². The number of hydrogen-bond acceptors (Lipinski definition) is 2. The summed E-state index contributed by atoms with van der Waals surface area (Å²) < 4.78 is 3.04. The zero-order valence-corrected chi connectivity index (χ0v) is 16.8.